The van der Waals surface area contributed by atoms with Crippen LogP contribution in [0.2, 0.25) is 0 Å². The summed E-state index contributed by atoms with van der Waals surface area (Å²) < 4.78 is 5.18. The molecular formula is C16H32O. The summed E-state index contributed by atoms with van der Waals surface area (Å²) in [5, 5.41) is 0. The van der Waals surface area contributed by atoms with Crippen LogP contribution >= 0.6 is 0 Å². The molecule has 102 valence electrons. The highest BCUT2D eigenvalue weighted by atomic mass is 16.5. The van der Waals surface area contributed by atoms with Gasteiger partial charge in [0.05, 0.1) is 12.9 Å². The van der Waals surface area contributed by atoms with Crippen molar-refractivity contribution in [2.75, 3.05) is 6.61 Å². The number of allylic oxidation sites excluding steroid dienone is 1. The van der Waals surface area contributed by atoms with Crippen LogP contribution in [0.15, 0.2) is 12.3 Å². The van der Waals surface area contributed by atoms with E-state index in [2.05, 4.69) is 19.9 Å². The highest BCUT2D eigenvalue weighted by Gasteiger charge is 1.99. The second-order valence-electron chi connectivity index (χ2n) is 5.08. The second-order valence-corrected chi connectivity index (χ2v) is 5.08. The third kappa shape index (κ3) is 13.5. The number of unbranched alkanes of at least 4 members (excludes halogenated alkanes) is 6. The lowest BCUT2D eigenvalue weighted by Crippen LogP contribution is -1.93. The van der Waals surface area contributed by atoms with E-state index in [9.17, 15) is 0 Å². The van der Waals surface area contributed by atoms with Gasteiger partial charge in [0.25, 0.3) is 0 Å². The van der Waals surface area contributed by atoms with E-state index < -0.39 is 0 Å². The number of rotatable bonds is 12. The van der Waals surface area contributed by atoms with Crippen LogP contribution in [-0.4, -0.2) is 6.61 Å². The molecule has 0 fully saturated rings. The van der Waals surface area contributed by atoms with Gasteiger partial charge in [0.1, 0.15) is 0 Å². The maximum absolute atomic E-state index is 5.18. The SMILES string of the molecule is CCCCCCCCCC(C)C/C=C/OCC. The Kier molecular flexibility index (Phi) is 13.2. The molecule has 0 aromatic rings. The van der Waals surface area contributed by atoms with Gasteiger partial charge in [-0.25, -0.2) is 0 Å². The molecule has 0 amide bonds. The molecule has 0 radical (unpaired) electrons. The van der Waals surface area contributed by atoms with Gasteiger partial charge >= 0.3 is 0 Å². The first-order valence-corrected chi connectivity index (χ1v) is 7.57. The van der Waals surface area contributed by atoms with Crippen LogP contribution in [0.3, 0.4) is 0 Å². The van der Waals surface area contributed by atoms with Crippen molar-refractivity contribution in [3.05, 3.63) is 12.3 Å². The first-order valence-electron chi connectivity index (χ1n) is 7.57. The van der Waals surface area contributed by atoms with Gasteiger partial charge in [0.2, 0.25) is 0 Å². The summed E-state index contributed by atoms with van der Waals surface area (Å²) in [5.74, 6) is 0.808. The maximum Gasteiger partial charge on any atom is 0.0845 e. The molecule has 0 aliphatic rings. The lowest BCUT2D eigenvalue weighted by atomic mass is 9.99. The van der Waals surface area contributed by atoms with Crippen molar-refractivity contribution in [3.8, 4) is 0 Å². The normalized spacial score (nSPS) is 13.1. The van der Waals surface area contributed by atoms with Crippen LogP contribution in [-0.2, 0) is 4.74 Å². The smallest absolute Gasteiger partial charge is 0.0845 e. The van der Waals surface area contributed by atoms with Crippen LogP contribution in [0.4, 0.5) is 0 Å². The molecule has 1 atom stereocenters. The van der Waals surface area contributed by atoms with Gasteiger partial charge in [-0.3, -0.25) is 0 Å². The Morgan fingerprint density at radius 2 is 1.59 bits per heavy atom. The zero-order chi connectivity index (χ0) is 12.8. The molecule has 1 heteroatoms. The topological polar surface area (TPSA) is 9.23 Å². The first kappa shape index (κ1) is 16.5. The summed E-state index contributed by atoms with van der Waals surface area (Å²) in [6.07, 6.45) is 16.4. The Morgan fingerprint density at radius 3 is 2.24 bits per heavy atom. The number of ether oxygens (including phenoxy) is 1. The Labute approximate surface area is 109 Å². The zero-order valence-electron chi connectivity index (χ0n) is 12.2. The molecule has 0 aliphatic carbocycles. The van der Waals surface area contributed by atoms with Crippen LogP contribution in [0.25, 0.3) is 0 Å². The van der Waals surface area contributed by atoms with Gasteiger partial charge in [-0.2, -0.15) is 0 Å². The van der Waals surface area contributed by atoms with Crippen LogP contribution in [0.5, 0.6) is 0 Å². The van der Waals surface area contributed by atoms with E-state index >= 15 is 0 Å². The molecule has 0 saturated heterocycles. The average Bonchev–Trinajstić information content (AvgIpc) is 2.33. The van der Waals surface area contributed by atoms with Crippen LogP contribution < -0.4 is 0 Å². The Balaban J connectivity index is 3.18. The summed E-state index contributed by atoms with van der Waals surface area (Å²) in [4.78, 5) is 0. The minimum atomic E-state index is 0.780. The predicted molar refractivity (Wildman–Crippen MR) is 77.2 cm³/mol. The third-order valence-electron chi connectivity index (χ3n) is 3.20. The first-order chi connectivity index (χ1) is 8.31. The summed E-state index contributed by atoms with van der Waals surface area (Å²) >= 11 is 0. The van der Waals surface area contributed by atoms with Crippen molar-refractivity contribution in [1.82, 2.24) is 0 Å². The molecule has 0 N–H and O–H groups in total. The lowest BCUT2D eigenvalue weighted by molar-refractivity contribution is 0.267. The lowest BCUT2D eigenvalue weighted by Gasteiger charge is -2.08. The molecule has 0 aromatic heterocycles. The fourth-order valence-electron chi connectivity index (χ4n) is 2.02. The van der Waals surface area contributed by atoms with Crippen LogP contribution in [0.1, 0.15) is 78.6 Å². The average molecular weight is 240 g/mol. The van der Waals surface area contributed by atoms with E-state index in [1.54, 1.807) is 0 Å². The van der Waals surface area contributed by atoms with Gasteiger partial charge in [-0.05, 0) is 25.3 Å². The van der Waals surface area contributed by atoms with Crippen molar-refractivity contribution in [3.63, 3.8) is 0 Å². The molecule has 1 nitrogen and oxygen atoms in total. The van der Waals surface area contributed by atoms with Crippen molar-refractivity contribution >= 4 is 0 Å². The predicted octanol–water partition coefficient (Wildman–Crippen LogP) is 5.70. The Bertz CT molecular complexity index is 163. The van der Waals surface area contributed by atoms with Gasteiger partial charge in [0.15, 0.2) is 0 Å². The summed E-state index contributed by atoms with van der Waals surface area (Å²) in [7, 11) is 0. The van der Waals surface area contributed by atoms with E-state index in [1.807, 2.05) is 13.2 Å². The molecular weight excluding hydrogens is 208 g/mol. The van der Waals surface area contributed by atoms with Gasteiger partial charge < -0.3 is 4.74 Å². The quantitative estimate of drug-likeness (QED) is 0.314. The fourth-order valence-corrected chi connectivity index (χ4v) is 2.02. The second kappa shape index (κ2) is 13.6. The van der Waals surface area contributed by atoms with Crippen LogP contribution in [0, 0.1) is 5.92 Å². The minimum Gasteiger partial charge on any atom is -0.502 e. The van der Waals surface area contributed by atoms with Crippen molar-refractivity contribution in [2.24, 2.45) is 5.92 Å². The van der Waals surface area contributed by atoms with Crippen molar-refractivity contribution < 1.29 is 4.74 Å². The summed E-state index contributed by atoms with van der Waals surface area (Å²) in [6, 6.07) is 0. The standard InChI is InChI=1S/C16H32O/c1-4-6-7-8-9-10-11-13-16(3)14-12-15-17-5-2/h12,15-16H,4-11,13-14H2,1-3H3/b15-12+. The van der Waals surface area contributed by atoms with Gasteiger partial charge in [0, 0.05) is 0 Å². The largest absolute Gasteiger partial charge is 0.502 e. The molecule has 0 aliphatic heterocycles. The molecule has 0 saturated carbocycles. The Morgan fingerprint density at radius 1 is 0.941 bits per heavy atom. The fraction of sp³-hybridized carbons (Fsp3) is 0.875. The van der Waals surface area contributed by atoms with E-state index in [1.165, 1.54) is 51.4 Å². The van der Waals surface area contributed by atoms with E-state index in [-0.39, 0.29) is 0 Å². The molecule has 17 heavy (non-hydrogen) atoms. The molecule has 1 unspecified atom stereocenters. The highest BCUT2D eigenvalue weighted by molar-refractivity contribution is 4.76. The molecule has 0 rings (SSSR count). The third-order valence-corrected chi connectivity index (χ3v) is 3.20. The van der Waals surface area contributed by atoms with E-state index in [4.69, 9.17) is 4.74 Å². The van der Waals surface area contributed by atoms with Crippen molar-refractivity contribution in [2.45, 2.75) is 78.6 Å². The van der Waals surface area contributed by atoms with Gasteiger partial charge in [-0.15, -0.1) is 0 Å². The number of hydrogen-bond acceptors (Lipinski definition) is 1. The summed E-state index contributed by atoms with van der Waals surface area (Å²) in [5.41, 5.74) is 0. The maximum atomic E-state index is 5.18. The molecule has 0 bridgehead atoms. The van der Waals surface area contributed by atoms with Crippen molar-refractivity contribution in [1.29, 1.82) is 0 Å². The van der Waals surface area contributed by atoms with Gasteiger partial charge in [-0.1, -0.05) is 65.2 Å². The highest BCUT2D eigenvalue weighted by Crippen LogP contribution is 2.15. The number of hydrogen-bond donors (Lipinski definition) is 0. The van der Waals surface area contributed by atoms with E-state index in [0.717, 1.165) is 18.9 Å². The minimum absolute atomic E-state index is 0.780. The molecule has 0 heterocycles. The monoisotopic (exact) mass is 240 g/mol. The van der Waals surface area contributed by atoms with E-state index in [0.29, 0.717) is 0 Å². The molecule has 0 aromatic carbocycles. The molecule has 0 spiro atoms. The Hall–Kier alpha value is -0.460. The summed E-state index contributed by atoms with van der Waals surface area (Å²) in [6.45, 7) is 7.42. The zero-order valence-corrected chi connectivity index (χ0v) is 12.2.